The molecule has 0 spiro atoms. The van der Waals surface area contributed by atoms with Crippen LogP contribution in [-0.2, 0) is 36.8 Å². The second-order valence-electron chi connectivity index (χ2n) is 7.30. The number of rotatable bonds is 11. The van der Waals surface area contributed by atoms with Crippen LogP contribution in [0.3, 0.4) is 0 Å². The van der Waals surface area contributed by atoms with Crippen molar-refractivity contribution in [2.24, 2.45) is 11.5 Å². The summed E-state index contributed by atoms with van der Waals surface area (Å²) in [7, 11) is 1.23. The molecule has 170 valence electrons. The Kier molecular flexibility index (Phi) is 9.37. The number of nitrogens with two attached hydrogens (primary N) is 2. The molecule has 0 aromatic heterocycles. The molecular formula is C23H28N4O5. The molecule has 0 unspecified atom stereocenters. The highest BCUT2D eigenvalue weighted by atomic mass is 16.5. The van der Waals surface area contributed by atoms with E-state index in [-0.39, 0.29) is 19.3 Å². The molecule has 0 aliphatic rings. The highest BCUT2D eigenvalue weighted by molar-refractivity contribution is 5.93. The molecule has 2 aromatic rings. The SMILES string of the molecule is COC(=O)[C@@H](Cc1ccccc1)NC(=O)[C@@H](Cc1ccccc1)NC(=O)[C@H](N)CC(N)=O. The third-order valence-electron chi connectivity index (χ3n) is 4.76. The molecule has 32 heavy (non-hydrogen) atoms. The largest absolute Gasteiger partial charge is 0.467 e. The molecule has 0 saturated heterocycles. The molecule has 0 aliphatic heterocycles. The number of amides is 3. The first-order valence-electron chi connectivity index (χ1n) is 10.1. The Morgan fingerprint density at radius 2 is 1.28 bits per heavy atom. The molecule has 9 heteroatoms. The fourth-order valence-electron chi connectivity index (χ4n) is 3.10. The Morgan fingerprint density at radius 3 is 1.75 bits per heavy atom. The highest BCUT2D eigenvalue weighted by Gasteiger charge is 2.29. The number of ether oxygens (including phenoxy) is 1. The molecule has 0 radical (unpaired) electrons. The van der Waals surface area contributed by atoms with Gasteiger partial charge in [0.05, 0.1) is 19.6 Å². The van der Waals surface area contributed by atoms with E-state index in [1.807, 2.05) is 36.4 Å². The topological polar surface area (TPSA) is 154 Å². The third-order valence-corrected chi connectivity index (χ3v) is 4.76. The number of methoxy groups -OCH3 is 1. The van der Waals surface area contributed by atoms with Crippen molar-refractivity contribution in [1.82, 2.24) is 10.6 Å². The normalized spacial score (nSPS) is 13.3. The Hall–Kier alpha value is -3.72. The molecule has 3 atom stereocenters. The molecule has 6 N–H and O–H groups in total. The van der Waals surface area contributed by atoms with E-state index in [1.165, 1.54) is 7.11 Å². The van der Waals surface area contributed by atoms with Gasteiger partial charge in [0, 0.05) is 12.8 Å². The lowest BCUT2D eigenvalue weighted by atomic mass is 10.0. The minimum Gasteiger partial charge on any atom is -0.467 e. The van der Waals surface area contributed by atoms with Gasteiger partial charge in [0.2, 0.25) is 17.7 Å². The van der Waals surface area contributed by atoms with Crippen LogP contribution in [0.4, 0.5) is 0 Å². The van der Waals surface area contributed by atoms with E-state index < -0.39 is 41.8 Å². The molecule has 2 aromatic carbocycles. The summed E-state index contributed by atoms with van der Waals surface area (Å²) in [5.41, 5.74) is 12.4. The molecular weight excluding hydrogens is 412 g/mol. The van der Waals surface area contributed by atoms with Gasteiger partial charge in [-0.25, -0.2) is 4.79 Å². The Labute approximate surface area is 186 Å². The van der Waals surface area contributed by atoms with Crippen molar-refractivity contribution >= 4 is 23.7 Å². The van der Waals surface area contributed by atoms with Crippen LogP contribution in [-0.4, -0.2) is 48.9 Å². The molecule has 0 bridgehead atoms. The number of hydrogen-bond donors (Lipinski definition) is 4. The maximum Gasteiger partial charge on any atom is 0.328 e. The molecule has 0 aliphatic carbocycles. The van der Waals surface area contributed by atoms with Crippen molar-refractivity contribution in [2.45, 2.75) is 37.4 Å². The second-order valence-corrected chi connectivity index (χ2v) is 7.30. The molecule has 0 saturated carbocycles. The van der Waals surface area contributed by atoms with Gasteiger partial charge in [-0.2, -0.15) is 0 Å². The van der Waals surface area contributed by atoms with Gasteiger partial charge < -0.3 is 26.8 Å². The van der Waals surface area contributed by atoms with E-state index in [9.17, 15) is 19.2 Å². The second kappa shape index (κ2) is 12.2. The lowest BCUT2D eigenvalue weighted by Crippen LogP contribution is -2.56. The fraction of sp³-hybridized carbons (Fsp3) is 0.304. The van der Waals surface area contributed by atoms with E-state index in [0.29, 0.717) is 0 Å². The van der Waals surface area contributed by atoms with Crippen LogP contribution in [0, 0.1) is 0 Å². The molecule has 3 amide bonds. The molecule has 0 heterocycles. The van der Waals surface area contributed by atoms with E-state index in [0.717, 1.165) is 11.1 Å². The fourth-order valence-corrected chi connectivity index (χ4v) is 3.10. The summed E-state index contributed by atoms with van der Waals surface area (Å²) in [6.07, 6.45) is 0.0116. The zero-order valence-corrected chi connectivity index (χ0v) is 17.8. The van der Waals surface area contributed by atoms with Crippen LogP contribution < -0.4 is 22.1 Å². The molecule has 9 nitrogen and oxygen atoms in total. The molecule has 0 fully saturated rings. The summed E-state index contributed by atoms with van der Waals surface area (Å²) in [6.45, 7) is 0. The van der Waals surface area contributed by atoms with Crippen molar-refractivity contribution in [1.29, 1.82) is 0 Å². The average molecular weight is 441 g/mol. The number of primary amides is 1. The molecule has 2 rings (SSSR count). The van der Waals surface area contributed by atoms with E-state index in [2.05, 4.69) is 10.6 Å². The van der Waals surface area contributed by atoms with Crippen LogP contribution in [0.25, 0.3) is 0 Å². The summed E-state index contributed by atoms with van der Waals surface area (Å²) in [5.74, 6) is -2.62. The van der Waals surface area contributed by atoms with Crippen LogP contribution in [0.15, 0.2) is 60.7 Å². The van der Waals surface area contributed by atoms with Crippen LogP contribution in [0.2, 0.25) is 0 Å². The van der Waals surface area contributed by atoms with Gasteiger partial charge in [0.15, 0.2) is 0 Å². The summed E-state index contributed by atoms with van der Waals surface area (Å²) in [5, 5.41) is 5.22. The monoisotopic (exact) mass is 440 g/mol. The van der Waals surface area contributed by atoms with Crippen LogP contribution in [0.5, 0.6) is 0 Å². The van der Waals surface area contributed by atoms with Gasteiger partial charge in [0.25, 0.3) is 0 Å². The highest BCUT2D eigenvalue weighted by Crippen LogP contribution is 2.08. The summed E-state index contributed by atoms with van der Waals surface area (Å²) < 4.78 is 4.83. The summed E-state index contributed by atoms with van der Waals surface area (Å²) >= 11 is 0. The number of hydrogen-bond acceptors (Lipinski definition) is 6. The number of benzene rings is 2. The lowest BCUT2D eigenvalue weighted by Gasteiger charge is -2.23. The zero-order chi connectivity index (χ0) is 23.5. The maximum absolute atomic E-state index is 13.1. The van der Waals surface area contributed by atoms with Gasteiger partial charge in [-0.15, -0.1) is 0 Å². The number of carbonyl (C=O) groups excluding carboxylic acids is 4. The van der Waals surface area contributed by atoms with Gasteiger partial charge >= 0.3 is 5.97 Å². The predicted molar refractivity (Wildman–Crippen MR) is 118 cm³/mol. The van der Waals surface area contributed by atoms with Crippen molar-refractivity contribution in [2.75, 3.05) is 7.11 Å². The lowest BCUT2D eigenvalue weighted by molar-refractivity contribution is -0.145. The minimum atomic E-state index is -1.20. The van der Waals surface area contributed by atoms with Crippen LogP contribution in [0.1, 0.15) is 17.5 Å². The van der Waals surface area contributed by atoms with Crippen molar-refractivity contribution in [3.63, 3.8) is 0 Å². The van der Waals surface area contributed by atoms with Gasteiger partial charge in [-0.3, -0.25) is 14.4 Å². The van der Waals surface area contributed by atoms with Gasteiger partial charge in [-0.1, -0.05) is 60.7 Å². The van der Waals surface area contributed by atoms with Gasteiger partial charge in [0.1, 0.15) is 12.1 Å². The zero-order valence-electron chi connectivity index (χ0n) is 17.8. The maximum atomic E-state index is 13.1. The Morgan fingerprint density at radius 1 is 0.812 bits per heavy atom. The predicted octanol–water partition coefficient (Wildman–Crippen LogP) is -0.183. The Bertz CT molecular complexity index is 920. The number of carbonyl (C=O) groups is 4. The summed E-state index contributed by atoms with van der Waals surface area (Å²) in [6, 6.07) is 15.0. The van der Waals surface area contributed by atoms with Crippen LogP contribution >= 0.6 is 0 Å². The average Bonchev–Trinajstić information content (AvgIpc) is 2.78. The van der Waals surface area contributed by atoms with Crippen molar-refractivity contribution < 1.29 is 23.9 Å². The van der Waals surface area contributed by atoms with E-state index in [1.54, 1.807) is 24.3 Å². The number of esters is 1. The van der Waals surface area contributed by atoms with E-state index in [4.69, 9.17) is 16.2 Å². The van der Waals surface area contributed by atoms with Crippen molar-refractivity contribution in [3.05, 3.63) is 71.8 Å². The van der Waals surface area contributed by atoms with Gasteiger partial charge in [-0.05, 0) is 11.1 Å². The Balaban J connectivity index is 2.19. The standard InChI is InChI=1S/C23H28N4O5/c1-32-23(31)19(13-16-10-6-3-7-11-16)27-22(30)18(12-15-8-4-2-5-9-15)26-21(29)17(24)14-20(25)28/h2-11,17-19H,12-14,24H2,1H3,(H2,25,28)(H,26,29)(H,27,30)/t17-,18-,19-/m1/s1. The number of nitrogens with one attached hydrogen (secondary N) is 2. The quantitative estimate of drug-likeness (QED) is 0.355. The minimum absolute atomic E-state index is 0.154. The first-order chi connectivity index (χ1) is 15.3. The first kappa shape index (κ1) is 24.5. The third kappa shape index (κ3) is 7.84. The first-order valence-corrected chi connectivity index (χ1v) is 10.1. The van der Waals surface area contributed by atoms with E-state index >= 15 is 0 Å². The smallest absolute Gasteiger partial charge is 0.328 e. The summed E-state index contributed by atoms with van der Waals surface area (Å²) in [4.78, 5) is 48.9. The van der Waals surface area contributed by atoms with Crippen molar-refractivity contribution in [3.8, 4) is 0 Å².